The molecule has 0 radical (unpaired) electrons. The number of hydrogen-bond acceptors (Lipinski definition) is 4. The maximum Gasteiger partial charge on any atom is 0.237 e. The number of carbonyl (C=O) groups is 1. The fourth-order valence-electron chi connectivity index (χ4n) is 2.45. The summed E-state index contributed by atoms with van der Waals surface area (Å²) in [6.45, 7) is 4.59. The third kappa shape index (κ3) is 5.05. The average Bonchev–Trinajstić information content (AvgIpc) is 2.89. The molecule has 1 atom stereocenters. The van der Waals surface area contributed by atoms with Crippen molar-refractivity contribution < 1.29 is 13.2 Å². The minimum absolute atomic E-state index is 0.0386. The predicted octanol–water partition coefficient (Wildman–Crippen LogP) is 1.18. The van der Waals surface area contributed by atoms with Gasteiger partial charge in [0.05, 0.1) is 5.25 Å². The van der Waals surface area contributed by atoms with Gasteiger partial charge in [-0.15, -0.1) is 0 Å². The number of rotatable bonds is 7. The van der Waals surface area contributed by atoms with Crippen molar-refractivity contribution >= 4 is 15.7 Å². The normalized spacial score (nSPS) is 18.4. The Bertz CT molecular complexity index is 414. The highest BCUT2D eigenvalue weighted by molar-refractivity contribution is 7.92. The molecule has 20 heavy (non-hydrogen) atoms. The minimum atomic E-state index is -3.28. The number of nitrogens with zero attached hydrogens (tertiary/aromatic N) is 1. The van der Waals surface area contributed by atoms with Gasteiger partial charge in [-0.3, -0.25) is 4.79 Å². The molecule has 0 bridgehead atoms. The summed E-state index contributed by atoms with van der Waals surface area (Å²) in [6, 6.07) is 0.0386. The Morgan fingerprint density at radius 2 is 1.85 bits per heavy atom. The molecule has 118 valence electrons. The molecule has 1 saturated carbocycles. The molecule has 1 aliphatic carbocycles. The van der Waals surface area contributed by atoms with Crippen LogP contribution in [0.5, 0.6) is 0 Å². The lowest BCUT2D eigenvalue weighted by Crippen LogP contribution is -2.38. The molecule has 2 N–H and O–H groups in total. The summed E-state index contributed by atoms with van der Waals surface area (Å²) in [6.07, 6.45) is 4.02. The van der Waals surface area contributed by atoms with E-state index in [0.717, 1.165) is 12.8 Å². The van der Waals surface area contributed by atoms with Crippen LogP contribution in [-0.2, 0) is 14.6 Å². The van der Waals surface area contributed by atoms with E-state index in [1.807, 2.05) is 13.8 Å². The summed E-state index contributed by atoms with van der Waals surface area (Å²) in [5, 5.41) is -0.308. The van der Waals surface area contributed by atoms with Crippen LogP contribution in [0.3, 0.4) is 0 Å². The molecule has 0 aromatic carbocycles. The minimum Gasteiger partial charge on any atom is -0.345 e. The monoisotopic (exact) mass is 304 g/mol. The largest absolute Gasteiger partial charge is 0.345 e. The number of sulfone groups is 1. The maximum absolute atomic E-state index is 12.1. The van der Waals surface area contributed by atoms with Crippen molar-refractivity contribution in [1.82, 2.24) is 4.90 Å². The smallest absolute Gasteiger partial charge is 0.237 e. The van der Waals surface area contributed by atoms with Crippen LogP contribution in [-0.4, -0.2) is 49.9 Å². The molecule has 0 aliphatic heterocycles. The standard InChI is InChI=1S/C14H28N2O3S/c1-11(2)13(15)8-9-16(3)14(17)10-20(18,19)12-6-4-5-7-12/h11-13H,4-10,15H2,1-3H3. The van der Waals surface area contributed by atoms with E-state index in [1.54, 1.807) is 7.05 Å². The van der Waals surface area contributed by atoms with Crippen LogP contribution in [0.25, 0.3) is 0 Å². The molecule has 0 saturated heterocycles. The Hall–Kier alpha value is -0.620. The van der Waals surface area contributed by atoms with E-state index in [2.05, 4.69) is 0 Å². The molecular formula is C14H28N2O3S. The van der Waals surface area contributed by atoms with Crippen LogP contribution in [0.4, 0.5) is 0 Å². The molecule has 0 aromatic heterocycles. The van der Waals surface area contributed by atoms with Crippen molar-refractivity contribution in [3.63, 3.8) is 0 Å². The van der Waals surface area contributed by atoms with Crippen LogP contribution in [0.1, 0.15) is 46.0 Å². The summed E-state index contributed by atoms with van der Waals surface area (Å²) < 4.78 is 24.2. The zero-order chi connectivity index (χ0) is 15.3. The van der Waals surface area contributed by atoms with Gasteiger partial charge in [-0.05, 0) is 25.2 Å². The molecular weight excluding hydrogens is 276 g/mol. The first kappa shape index (κ1) is 17.4. The quantitative estimate of drug-likeness (QED) is 0.766. The van der Waals surface area contributed by atoms with Crippen molar-refractivity contribution in [1.29, 1.82) is 0 Å². The number of amides is 1. The van der Waals surface area contributed by atoms with E-state index in [1.165, 1.54) is 4.90 Å². The van der Waals surface area contributed by atoms with E-state index in [4.69, 9.17) is 5.73 Å². The zero-order valence-electron chi connectivity index (χ0n) is 12.8. The molecule has 1 fully saturated rings. The van der Waals surface area contributed by atoms with Crippen LogP contribution in [0.2, 0.25) is 0 Å². The van der Waals surface area contributed by atoms with Gasteiger partial charge in [0.25, 0.3) is 0 Å². The molecule has 1 amide bonds. The number of hydrogen-bond donors (Lipinski definition) is 1. The van der Waals surface area contributed by atoms with Gasteiger partial charge in [-0.1, -0.05) is 26.7 Å². The fraction of sp³-hybridized carbons (Fsp3) is 0.929. The first-order chi connectivity index (χ1) is 9.24. The zero-order valence-corrected chi connectivity index (χ0v) is 13.7. The van der Waals surface area contributed by atoms with Crippen LogP contribution < -0.4 is 5.73 Å². The SMILES string of the molecule is CC(C)C(N)CCN(C)C(=O)CS(=O)(=O)C1CCCC1. The van der Waals surface area contributed by atoms with Gasteiger partial charge >= 0.3 is 0 Å². The highest BCUT2D eigenvalue weighted by atomic mass is 32.2. The Labute approximate surface area is 122 Å². The van der Waals surface area contributed by atoms with Crippen molar-refractivity contribution in [3.05, 3.63) is 0 Å². The van der Waals surface area contributed by atoms with Crippen molar-refractivity contribution in [2.24, 2.45) is 11.7 Å². The first-order valence-corrected chi connectivity index (χ1v) is 9.16. The second-order valence-electron chi connectivity index (χ2n) is 6.23. The molecule has 5 nitrogen and oxygen atoms in total. The third-order valence-electron chi connectivity index (χ3n) is 4.21. The Kier molecular flexibility index (Phi) is 6.45. The van der Waals surface area contributed by atoms with Crippen LogP contribution in [0.15, 0.2) is 0 Å². The average molecular weight is 304 g/mol. The molecule has 0 heterocycles. The number of carbonyl (C=O) groups excluding carboxylic acids is 1. The van der Waals surface area contributed by atoms with Crippen molar-refractivity contribution in [3.8, 4) is 0 Å². The highest BCUT2D eigenvalue weighted by Crippen LogP contribution is 2.25. The number of nitrogens with two attached hydrogens (primary N) is 1. The second-order valence-corrected chi connectivity index (χ2v) is 8.51. The van der Waals surface area contributed by atoms with Crippen molar-refractivity contribution in [2.45, 2.75) is 57.2 Å². The summed E-state index contributed by atoms with van der Waals surface area (Å²) in [4.78, 5) is 13.5. The highest BCUT2D eigenvalue weighted by Gasteiger charge is 2.31. The summed E-state index contributed by atoms with van der Waals surface area (Å²) in [5.41, 5.74) is 5.94. The van der Waals surface area contributed by atoms with E-state index in [-0.39, 0.29) is 23.0 Å². The maximum atomic E-state index is 12.1. The third-order valence-corrected chi connectivity index (χ3v) is 6.35. The molecule has 1 aliphatic rings. The van der Waals surface area contributed by atoms with Gasteiger partial charge in [0.1, 0.15) is 5.75 Å². The van der Waals surface area contributed by atoms with E-state index in [0.29, 0.717) is 31.7 Å². The van der Waals surface area contributed by atoms with Gasteiger partial charge in [0.15, 0.2) is 9.84 Å². The first-order valence-electron chi connectivity index (χ1n) is 7.45. The second kappa shape index (κ2) is 7.41. The van der Waals surface area contributed by atoms with Gasteiger partial charge in [0.2, 0.25) is 5.91 Å². The van der Waals surface area contributed by atoms with E-state index >= 15 is 0 Å². The molecule has 1 unspecified atom stereocenters. The summed E-state index contributed by atoms with van der Waals surface area (Å²) in [7, 11) is -1.63. The lowest BCUT2D eigenvalue weighted by atomic mass is 10.0. The van der Waals surface area contributed by atoms with E-state index < -0.39 is 9.84 Å². The van der Waals surface area contributed by atoms with Crippen LogP contribution >= 0.6 is 0 Å². The summed E-state index contributed by atoms with van der Waals surface area (Å²) in [5.74, 6) is -0.306. The van der Waals surface area contributed by atoms with Crippen LogP contribution in [0, 0.1) is 5.92 Å². The fourth-order valence-corrected chi connectivity index (χ4v) is 4.30. The van der Waals surface area contributed by atoms with Crippen molar-refractivity contribution in [2.75, 3.05) is 19.3 Å². The molecule has 0 spiro atoms. The van der Waals surface area contributed by atoms with E-state index in [9.17, 15) is 13.2 Å². The van der Waals surface area contributed by atoms with Gasteiger partial charge < -0.3 is 10.6 Å². The lowest BCUT2D eigenvalue weighted by Gasteiger charge is -2.22. The summed E-state index contributed by atoms with van der Waals surface area (Å²) >= 11 is 0. The van der Waals surface area contributed by atoms with Gasteiger partial charge in [-0.2, -0.15) is 0 Å². The molecule has 0 aromatic rings. The lowest BCUT2D eigenvalue weighted by molar-refractivity contribution is -0.127. The predicted molar refractivity (Wildman–Crippen MR) is 81.1 cm³/mol. The van der Waals surface area contributed by atoms with Gasteiger partial charge in [0, 0.05) is 19.6 Å². The Balaban J connectivity index is 2.45. The molecule has 1 rings (SSSR count). The van der Waals surface area contributed by atoms with Gasteiger partial charge in [-0.25, -0.2) is 8.42 Å². The topological polar surface area (TPSA) is 80.5 Å². The Morgan fingerprint density at radius 1 is 1.30 bits per heavy atom. The Morgan fingerprint density at radius 3 is 2.35 bits per heavy atom. The molecule has 6 heteroatoms.